The predicted octanol–water partition coefficient (Wildman–Crippen LogP) is 1.86. The number of rotatable bonds is 6. The number of fused-ring (bicyclic) bond motifs is 1. The van der Waals surface area contributed by atoms with Crippen LogP contribution < -0.4 is 9.47 Å². The van der Waals surface area contributed by atoms with Gasteiger partial charge in [0, 0.05) is 13.1 Å². The molecule has 2 aliphatic rings. The minimum Gasteiger partial charge on any atom is -0.493 e. The van der Waals surface area contributed by atoms with Crippen LogP contribution in [-0.4, -0.2) is 68.7 Å². The second-order valence-electron chi connectivity index (χ2n) is 7.34. The fraction of sp³-hybridized carbons (Fsp3) is 0.619. The van der Waals surface area contributed by atoms with Crippen LogP contribution in [0.15, 0.2) is 12.1 Å². The third kappa shape index (κ3) is 4.58. The van der Waals surface area contributed by atoms with Crippen LogP contribution in [0.25, 0.3) is 0 Å². The maximum atomic E-state index is 12.8. The number of carbonyl (C=O) groups excluding carboxylic acids is 2. The number of nitrogens with zero attached hydrogens (tertiary/aromatic N) is 2. The zero-order valence-corrected chi connectivity index (χ0v) is 17.0. The van der Waals surface area contributed by atoms with Gasteiger partial charge in [0.05, 0.1) is 33.3 Å². The lowest BCUT2D eigenvalue weighted by Crippen LogP contribution is -2.45. The molecule has 0 atom stereocenters. The molecule has 1 aromatic rings. The number of amides is 1. The second-order valence-corrected chi connectivity index (χ2v) is 7.34. The molecule has 1 amide bonds. The lowest BCUT2D eigenvalue weighted by atomic mass is 9.96. The summed E-state index contributed by atoms with van der Waals surface area (Å²) in [5.74, 6) is 1.42. The second kappa shape index (κ2) is 9.28. The van der Waals surface area contributed by atoms with Crippen molar-refractivity contribution in [3.8, 4) is 11.5 Å². The lowest BCUT2D eigenvalue weighted by Gasteiger charge is -2.34. The Kier molecular flexibility index (Phi) is 6.78. The minimum atomic E-state index is -0.106. The lowest BCUT2D eigenvalue weighted by molar-refractivity contribution is -0.149. The van der Waals surface area contributed by atoms with Gasteiger partial charge in [0.2, 0.25) is 5.91 Å². The molecule has 1 saturated heterocycles. The van der Waals surface area contributed by atoms with Gasteiger partial charge in [-0.25, -0.2) is 0 Å². The fourth-order valence-electron chi connectivity index (χ4n) is 3.97. The van der Waals surface area contributed by atoms with Crippen molar-refractivity contribution in [2.45, 2.75) is 32.7 Å². The van der Waals surface area contributed by atoms with Gasteiger partial charge in [0.15, 0.2) is 11.5 Å². The fourth-order valence-corrected chi connectivity index (χ4v) is 3.97. The van der Waals surface area contributed by atoms with E-state index >= 15 is 0 Å². The number of esters is 1. The highest BCUT2D eigenvalue weighted by Gasteiger charge is 2.29. The zero-order chi connectivity index (χ0) is 20.1. The van der Waals surface area contributed by atoms with E-state index in [0.29, 0.717) is 32.0 Å². The van der Waals surface area contributed by atoms with Crippen molar-refractivity contribution in [2.24, 2.45) is 5.92 Å². The molecule has 1 aromatic carbocycles. The first-order chi connectivity index (χ1) is 13.5. The zero-order valence-electron chi connectivity index (χ0n) is 17.0. The van der Waals surface area contributed by atoms with E-state index in [-0.39, 0.29) is 17.8 Å². The van der Waals surface area contributed by atoms with Gasteiger partial charge in [-0.05, 0) is 62.5 Å². The summed E-state index contributed by atoms with van der Waals surface area (Å²) >= 11 is 0. The Morgan fingerprint density at radius 3 is 2.29 bits per heavy atom. The topological polar surface area (TPSA) is 68.3 Å². The molecule has 7 heteroatoms. The van der Waals surface area contributed by atoms with Gasteiger partial charge in [0.25, 0.3) is 0 Å². The molecule has 0 unspecified atom stereocenters. The number of methoxy groups -OCH3 is 2. The third-order valence-corrected chi connectivity index (χ3v) is 5.64. The first kappa shape index (κ1) is 20.5. The van der Waals surface area contributed by atoms with E-state index < -0.39 is 0 Å². The average molecular weight is 390 g/mol. The van der Waals surface area contributed by atoms with Gasteiger partial charge in [-0.3, -0.25) is 14.5 Å². The molecule has 2 aliphatic heterocycles. The average Bonchev–Trinajstić information content (AvgIpc) is 2.72. The molecular formula is C21H30N2O5. The summed E-state index contributed by atoms with van der Waals surface area (Å²) in [6.45, 7) is 5.46. The van der Waals surface area contributed by atoms with E-state index in [4.69, 9.17) is 14.2 Å². The van der Waals surface area contributed by atoms with E-state index in [2.05, 4.69) is 4.90 Å². The maximum absolute atomic E-state index is 12.8. The molecule has 0 N–H and O–H groups in total. The summed E-state index contributed by atoms with van der Waals surface area (Å²) in [5.41, 5.74) is 2.32. The van der Waals surface area contributed by atoms with E-state index in [1.807, 2.05) is 24.0 Å². The molecule has 0 spiro atoms. The minimum absolute atomic E-state index is 0.0318. The molecule has 28 heavy (non-hydrogen) atoms. The molecule has 1 fully saturated rings. The van der Waals surface area contributed by atoms with Crippen molar-refractivity contribution in [2.75, 3.05) is 47.0 Å². The Hall–Kier alpha value is -2.28. The van der Waals surface area contributed by atoms with E-state index in [0.717, 1.165) is 43.7 Å². The van der Waals surface area contributed by atoms with Crippen molar-refractivity contribution in [3.05, 3.63) is 23.3 Å². The summed E-state index contributed by atoms with van der Waals surface area (Å²) in [5, 5.41) is 0. The summed E-state index contributed by atoms with van der Waals surface area (Å²) in [6, 6.07) is 3.98. The molecular weight excluding hydrogens is 360 g/mol. The Morgan fingerprint density at radius 2 is 1.68 bits per heavy atom. The van der Waals surface area contributed by atoms with Crippen LogP contribution >= 0.6 is 0 Å². The highest BCUT2D eigenvalue weighted by Crippen LogP contribution is 2.33. The van der Waals surface area contributed by atoms with Gasteiger partial charge < -0.3 is 19.1 Å². The molecule has 0 saturated carbocycles. The van der Waals surface area contributed by atoms with Gasteiger partial charge in [-0.1, -0.05) is 0 Å². The molecule has 0 aromatic heterocycles. The first-order valence-electron chi connectivity index (χ1n) is 9.96. The SMILES string of the molecule is CCOC(=O)C1CCN(CC(=O)N2CCc3cc(OC)c(OC)cc3C2)CC1. The Labute approximate surface area is 166 Å². The summed E-state index contributed by atoms with van der Waals surface area (Å²) in [4.78, 5) is 28.7. The molecule has 0 aliphatic carbocycles. The summed E-state index contributed by atoms with van der Waals surface area (Å²) < 4.78 is 15.9. The van der Waals surface area contributed by atoms with Crippen LogP contribution in [0.1, 0.15) is 30.9 Å². The standard InChI is InChI=1S/C21H30N2O5/c1-4-28-21(25)15-5-8-22(9-6-15)14-20(24)23-10-7-16-11-18(26-2)19(27-3)12-17(16)13-23/h11-12,15H,4-10,13-14H2,1-3H3. The first-order valence-corrected chi connectivity index (χ1v) is 9.96. The molecule has 0 radical (unpaired) electrons. The number of benzene rings is 1. The van der Waals surface area contributed by atoms with Crippen molar-refractivity contribution in [1.82, 2.24) is 9.80 Å². The Balaban J connectivity index is 1.55. The van der Waals surface area contributed by atoms with E-state index in [1.54, 1.807) is 14.2 Å². The molecule has 154 valence electrons. The number of hydrogen-bond donors (Lipinski definition) is 0. The third-order valence-electron chi connectivity index (χ3n) is 5.64. The van der Waals surface area contributed by atoms with Gasteiger partial charge in [-0.15, -0.1) is 0 Å². The quantitative estimate of drug-likeness (QED) is 0.691. The number of likely N-dealkylation sites (tertiary alicyclic amines) is 1. The Morgan fingerprint density at radius 1 is 1.04 bits per heavy atom. The largest absolute Gasteiger partial charge is 0.493 e. The van der Waals surface area contributed by atoms with Crippen molar-refractivity contribution in [1.29, 1.82) is 0 Å². The van der Waals surface area contributed by atoms with Crippen LogP contribution in [-0.2, 0) is 27.3 Å². The van der Waals surface area contributed by atoms with Gasteiger partial charge in [0.1, 0.15) is 0 Å². The highest BCUT2D eigenvalue weighted by molar-refractivity contribution is 5.79. The van der Waals surface area contributed by atoms with E-state index in [9.17, 15) is 9.59 Å². The number of hydrogen-bond acceptors (Lipinski definition) is 6. The number of carbonyl (C=O) groups is 2. The monoisotopic (exact) mass is 390 g/mol. The molecule has 2 heterocycles. The van der Waals surface area contributed by atoms with Crippen molar-refractivity contribution < 1.29 is 23.8 Å². The smallest absolute Gasteiger partial charge is 0.309 e. The van der Waals surface area contributed by atoms with Crippen molar-refractivity contribution >= 4 is 11.9 Å². The van der Waals surface area contributed by atoms with Crippen LogP contribution in [0.5, 0.6) is 11.5 Å². The van der Waals surface area contributed by atoms with Crippen LogP contribution in [0.4, 0.5) is 0 Å². The number of ether oxygens (including phenoxy) is 3. The van der Waals surface area contributed by atoms with Crippen LogP contribution in [0.2, 0.25) is 0 Å². The summed E-state index contributed by atoms with van der Waals surface area (Å²) in [6.07, 6.45) is 2.32. The van der Waals surface area contributed by atoms with E-state index in [1.165, 1.54) is 5.56 Å². The molecule has 3 rings (SSSR count). The Bertz CT molecular complexity index is 713. The molecule has 7 nitrogen and oxygen atoms in total. The maximum Gasteiger partial charge on any atom is 0.309 e. The van der Waals surface area contributed by atoms with Gasteiger partial charge >= 0.3 is 5.97 Å². The number of piperidine rings is 1. The van der Waals surface area contributed by atoms with Crippen molar-refractivity contribution in [3.63, 3.8) is 0 Å². The summed E-state index contributed by atoms with van der Waals surface area (Å²) in [7, 11) is 3.25. The predicted molar refractivity (Wildman–Crippen MR) is 104 cm³/mol. The van der Waals surface area contributed by atoms with Gasteiger partial charge in [-0.2, -0.15) is 0 Å². The molecule has 0 bridgehead atoms. The van der Waals surface area contributed by atoms with Crippen LogP contribution in [0, 0.1) is 5.92 Å². The van der Waals surface area contributed by atoms with Crippen LogP contribution in [0.3, 0.4) is 0 Å². The normalized spacial score (nSPS) is 17.8. The highest BCUT2D eigenvalue weighted by atomic mass is 16.5.